The van der Waals surface area contributed by atoms with Gasteiger partial charge in [-0.3, -0.25) is 0 Å². The molecule has 1 unspecified atom stereocenters. The first-order valence-electron chi connectivity index (χ1n) is 5.15. The Morgan fingerprint density at radius 2 is 1.56 bits per heavy atom. The van der Waals surface area contributed by atoms with Crippen molar-refractivity contribution < 1.29 is 13.2 Å². The number of benzene rings is 2. The summed E-state index contributed by atoms with van der Waals surface area (Å²) in [6, 6.07) is 8.10. The van der Waals surface area contributed by atoms with Gasteiger partial charge in [0.15, 0.2) is 17.5 Å². The van der Waals surface area contributed by atoms with Gasteiger partial charge >= 0.3 is 0 Å². The van der Waals surface area contributed by atoms with Crippen LogP contribution in [-0.2, 0) is 0 Å². The van der Waals surface area contributed by atoms with Gasteiger partial charge in [0.25, 0.3) is 0 Å². The van der Waals surface area contributed by atoms with Crippen molar-refractivity contribution >= 4 is 15.9 Å². The molecule has 0 aliphatic carbocycles. The lowest BCUT2D eigenvalue weighted by Gasteiger charge is -2.15. The lowest BCUT2D eigenvalue weighted by atomic mass is 9.99. The van der Waals surface area contributed by atoms with Gasteiger partial charge in [-0.25, -0.2) is 13.2 Å². The summed E-state index contributed by atoms with van der Waals surface area (Å²) in [5.41, 5.74) is 6.39. The van der Waals surface area contributed by atoms with Crippen molar-refractivity contribution in [2.45, 2.75) is 6.04 Å². The first-order valence-corrected chi connectivity index (χ1v) is 5.95. The number of hydrogen-bond acceptors (Lipinski definition) is 1. The summed E-state index contributed by atoms with van der Waals surface area (Å²) < 4.78 is 40.3. The summed E-state index contributed by atoms with van der Waals surface area (Å²) in [5, 5.41) is 0. The van der Waals surface area contributed by atoms with Gasteiger partial charge in [0.1, 0.15) is 0 Å². The largest absolute Gasteiger partial charge is 0.320 e. The SMILES string of the molecule is NC(c1ccccc1Br)c1ccc(F)c(F)c1F. The minimum absolute atomic E-state index is 0.0826. The molecule has 0 saturated heterocycles. The van der Waals surface area contributed by atoms with Crippen LogP contribution in [0, 0.1) is 17.5 Å². The van der Waals surface area contributed by atoms with Gasteiger partial charge in [-0.2, -0.15) is 0 Å². The van der Waals surface area contributed by atoms with E-state index in [4.69, 9.17) is 5.73 Å². The van der Waals surface area contributed by atoms with E-state index in [1.165, 1.54) is 0 Å². The number of hydrogen-bond donors (Lipinski definition) is 1. The average molecular weight is 316 g/mol. The van der Waals surface area contributed by atoms with Gasteiger partial charge in [0.05, 0.1) is 6.04 Å². The molecule has 1 atom stereocenters. The highest BCUT2D eigenvalue weighted by Gasteiger charge is 2.20. The van der Waals surface area contributed by atoms with Crippen LogP contribution in [0.2, 0.25) is 0 Å². The van der Waals surface area contributed by atoms with E-state index >= 15 is 0 Å². The molecule has 0 aliphatic heterocycles. The molecule has 1 nitrogen and oxygen atoms in total. The molecule has 0 heterocycles. The van der Waals surface area contributed by atoms with Gasteiger partial charge in [-0.1, -0.05) is 40.2 Å². The third-order valence-corrected chi connectivity index (χ3v) is 3.36. The van der Waals surface area contributed by atoms with Crippen molar-refractivity contribution in [2.24, 2.45) is 5.73 Å². The summed E-state index contributed by atoms with van der Waals surface area (Å²) in [6.45, 7) is 0. The molecular weight excluding hydrogens is 307 g/mol. The third-order valence-electron chi connectivity index (χ3n) is 2.64. The molecule has 0 bridgehead atoms. The molecule has 0 fully saturated rings. The molecule has 18 heavy (non-hydrogen) atoms. The monoisotopic (exact) mass is 315 g/mol. The zero-order chi connectivity index (χ0) is 13.3. The summed E-state index contributed by atoms with van der Waals surface area (Å²) in [6.07, 6.45) is 0. The van der Waals surface area contributed by atoms with Crippen molar-refractivity contribution in [3.63, 3.8) is 0 Å². The molecule has 94 valence electrons. The van der Waals surface area contributed by atoms with Gasteiger partial charge in [0.2, 0.25) is 0 Å². The fourth-order valence-electron chi connectivity index (χ4n) is 1.68. The van der Waals surface area contributed by atoms with E-state index in [9.17, 15) is 13.2 Å². The Hall–Kier alpha value is -1.33. The van der Waals surface area contributed by atoms with Crippen molar-refractivity contribution in [3.8, 4) is 0 Å². The molecule has 0 spiro atoms. The number of nitrogens with two attached hydrogens (primary N) is 1. The summed E-state index contributed by atoms with van der Waals surface area (Å²) in [4.78, 5) is 0. The summed E-state index contributed by atoms with van der Waals surface area (Å²) in [7, 11) is 0. The maximum absolute atomic E-state index is 13.6. The lowest BCUT2D eigenvalue weighted by molar-refractivity contribution is 0.438. The number of halogens is 4. The van der Waals surface area contributed by atoms with Gasteiger partial charge in [-0.05, 0) is 17.7 Å². The van der Waals surface area contributed by atoms with E-state index in [2.05, 4.69) is 15.9 Å². The van der Waals surface area contributed by atoms with Gasteiger partial charge < -0.3 is 5.73 Å². The maximum Gasteiger partial charge on any atom is 0.194 e. The minimum atomic E-state index is -1.50. The van der Waals surface area contributed by atoms with Crippen molar-refractivity contribution in [3.05, 3.63) is 69.4 Å². The third kappa shape index (κ3) is 2.28. The zero-order valence-corrected chi connectivity index (χ0v) is 10.7. The predicted octanol–water partition coefficient (Wildman–Crippen LogP) is 3.91. The predicted molar refractivity (Wildman–Crippen MR) is 66.5 cm³/mol. The Kier molecular flexibility index (Phi) is 3.73. The van der Waals surface area contributed by atoms with Crippen LogP contribution in [0.3, 0.4) is 0 Å². The standard InChI is InChI=1S/C13H9BrF3N/c14-9-4-2-1-3-7(9)13(18)8-5-6-10(15)12(17)11(8)16/h1-6,13H,18H2. The van der Waals surface area contributed by atoms with Crippen LogP contribution < -0.4 is 5.73 Å². The van der Waals surface area contributed by atoms with Crippen LogP contribution in [0.25, 0.3) is 0 Å². The van der Waals surface area contributed by atoms with E-state index in [0.29, 0.717) is 10.0 Å². The second-order valence-electron chi connectivity index (χ2n) is 3.76. The molecule has 0 aromatic heterocycles. The van der Waals surface area contributed by atoms with Crippen LogP contribution in [0.5, 0.6) is 0 Å². The van der Waals surface area contributed by atoms with E-state index in [1.54, 1.807) is 24.3 Å². The van der Waals surface area contributed by atoms with Gasteiger partial charge in [-0.15, -0.1) is 0 Å². The highest BCUT2D eigenvalue weighted by Crippen LogP contribution is 2.29. The Morgan fingerprint density at radius 3 is 2.22 bits per heavy atom. The highest BCUT2D eigenvalue weighted by molar-refractivity contribution is 9.10. The topological polar surface area (TPSA) is 26.0 Å². The minimum Gasteiger partial charge on any atom is -0.320 e. The number of rotatable bonds is 2. The molecule has 0 saturated carbocycles. The second-order valence-corrected chi connectivity index (χ2v) is 4.62. The van der Waals surface area contributed by atoms with Crippen LogP contribution in [-0.4, -0.2) is 0 Å². The zero-order valence-electron chi connectivity index (χ0n) is 9.13. The van der Waals surface area contributed by atoms with E-state index in [0.717, 1.165) is 12.1 Å². The first-order chi connectivity index (χ1) is 8.52. The molecule has 2 aromatic carbocycles. The Bertz CT molecular complexity index is 586. The van der Waals surface area contributed by atoms with Crippen LogP contribution in [0.15, 0.2) is 40.9 Å². The van der Waals surface area contributed by atoms with E-state index in [1.807, 2.05) is 0 Å². The van der Waals surface area contributed by atoms with Crippen molar-refractivity contribution in [2.75, 3.05) is 0 Å². The quantitative estimate of drug-likeness (QED) is 0.835. The Morgan fingerprint density at radius 1 is 0.889 bits per heavy atom. The molecule has 0 amide bonds. The van der Waals surface area contributed by atoms with Crippen molar-refractivity contribution in [1.29, 1.82) is 0 Å². The van der Waals surface area contributed by atoms with E-state index < -0.39 is 23.5 Å². The Labute approximate surface area is 111 Å². The molecule has 0 radical (unpaired) electrons. The normalized spacial score (nSPS) is 12.5. The lowest BCUT2D eigenvalue weighted by Crippen LogP contribution is -2.15. The fraction of sp³-hybridized carbons (Fsp3) is 0.0769. The first kappa shape index (κ1) is 13.1. The molecular formula is C13H9BrF3N. The molecule has 5 heteroatoms. The van der Waals surface area contributed by atoms with E-state index in [-0.39, 0.29) is 5.56 Å². The fourth-order valence-corrected chi connectivity index (χ4v) is 2.21. The summed E-state index contributed by atoms with van der Waals surface area (Å²) >= 11 is 3.28. The average Bonchev–Trinajstić information content (AvgIpc) is 2.36. The van der Waals surface area contributed by atoms with Crippen LogP contribution >= 0.6 is 15.9 Å². The summed E-state index contributed by atoms with van der Waals surface area (Å²) in [5.74, 6) is -3.98. The maximum atomic E-state index is 13.6. The smallest absolute Gasteiger partial charge is 0.194 e. The molecule has 2 aromatic rings. The molecule has 2 N–H and O–H groups in total. The molecule has 0 aliphatic rings. The van der Waals surface area contributed by atoms with Crippen molar-refractivity contribution in [1.82, 2.24) is 0 Å². The molecule has 2 rings (SSSR count). The van der Waals surface area contributed by atoms with Crippen LogP contribution in [0.1, 0.15) is 17.2 Å². The Balaban J connectivity index is 2.50. The van der Waals surface area contributed by atoms with Crippen LogP contribution in [0.4, 0.5) is 13.2 Å². The van der Waals surface area contributed by atoms with Gasteiger partial charge in [0, 0.05) is 10.0 Å². The second kappa shape index (κ2) is 5.12. The highest BCUT2D eigenvalue weighted by atomic mass is 79.9.